The van der Waals surface area contributed by atoms with Gasteiger partial charge in [0.15, 0.2) is 0 Å². The van der Waals surface area contributed by atoms with Crippen molar-refractivity contribution in [3.05, 3.63) is 38.9 Å². The second kappa shape index (κ2) is 2.74. The van der Waals surface area contributed by atoms with E-state index in [0.29, 0.717) is 11.8 Å². The topological polar surface area (TPSA) is 34.9 Å². The largest absolute Gasteiger partial charge is 0.296 e. The van der Waals surface area contributed by atoms with Gasteiger partial charge >= 0.3 is 0 Å². The molecule has 0 amide bonds. The van der Waals surface area contributed by atoms with Gasteiger partial charge in [0.25, 0.3) is 5.56 Å². The Kier molecular flexibility index (Phi) is 1.53. The lowest BCUT2D eigenvalue weighted by Gasteiger charge is -2.07. The van der Waals surface area contributed by atoms with Crippen LogP contribution in [-0.4, -0.2) is 9.55 Å². The van der Waals surface area contributed by atoms with Crippen molar-refractivity contribution in [1.82, 2.24) is 9.55 Å². The van der Waals surface area contributed by atoms with Crippen LogP contribution in [0.2, 0.25) is 0 Å². The van der Waals surface area contributed by atoms with Crippen LogP contribution in [0.3, 0.4) is 0 Å². The number of halogens is 1. The van der Waals surface area contributed by atoms with E-state index in [1.54, 1.807) is 0 Å². The maximum Gasteiger partial charge on any atom is 0.261 e. The Balaban J connectivity index is 2.14. The van der Waals surface area contributed by atoms with Crippen molar-refractivity contribution in [3.63, 3.8) is 0 Å². The summed E-state index contributed by atoms with van der Waals surface area (Å²) in [6.45, 7) is 0.873. The van der Waals surface area contributed by atoms with E-state index >= 15 is 0 Å². The first-order valence-corrected chi connectivity index (χ1v) is 6.23. The van der Waals surface area contributed by atoms with Gasteiger partial charge in [0.2, 0.25) is 0 Å². The number of hydrogen-bond donors (Lipinski definition) is 0. The highest BCUT2D eigenvalue weighted by atomic mass is 79.9. The summed E-state index contributed by atoms with van der Waals surface area (Å²) < 4.78 is 2.83. The van der Waals surface area contributed by atoms with Crippen LogP contribution in [0.15, 0.2) is 27.5 Å². The molecule has 2 aliphatic rings. The van der Waals surface area contributed by atoms with Crippen LogP contribution in [0.25, 0.3) is 10.9 Å². The Hall–Kier alpha value is -1.16. The van der Waals surface area contributed by atoms with E-state index < -0.39 is 0 Å². The number of nitrogens with zero attached hydrogens (tertiary/aromatic N) is 2. The monoisotopic (exact) mass is 276 g/mol. The highest BCUT2D eigenvalue weighted by Gasteiger charge is 2.47. The number of aromatic nitrogens is 2. The Morgan fingerprint density at radius 3 is 3.19 bits per heavy atom. The summed E-state index contributed by atoms with van der Waals surface area (Å²) in [7, 11) is 0. The first kappa shape index (κ1) is 8.93. The second-order valence-electron chi connectivity index (χ2n) is 4.65. The molecule has 0 saturated heterocycles. The van der Waals surface area contributed by atoms with Gasteiger partial charge in [-0.15, -0.1) is 0 Å². The summed E-state index contributed by atoms with van der Waals surface area (Å²) in [5.41, 5.74) is 0.942. The summed E-state index contributed by atoms with van der Waals surface area (Å²) in [6, 6.07) is 5.67. The molecule has 3 nitrogen and oxygen atoms in total. The van der Waals surface area contributed by atoms with E-state index in [2.05, 4.69) is 20.9 Å². The third-order valence-corrected chi connectivity index (χ3v) is 4.11. The van der Waals surface area contributed by atoms with Crippen molar-refractivity contribution in [2.45, 2.75) is 18.9 Å². The lowest BCUT2D eigenvalue weighted by molar-refractivity contribution is 0.642. The predicted octanol–water partition coefficient (Wildman–Crippen LogP) is 2.28. The molecular formula is C12H9BrN2O. The van der Waals surface area contributed by atoms with Gasteiger partial charge in [0, 0.05) is 16.9 Å². The van der Waals surface area contributed by atoms with Crippen LogP contribution >= 0.6 is 15.9 Å². The first-order chi connectivity index (χ1) is 7.74. The molecule has 1 saturated carbocycles. The minimum absolute atomic E-state index is 0.125. The minimum Gasteiger partial charge on any atom is -0.296 e. The van der Waals surface area contributed by atoms with Crippen molar-refractivity contribution in [2.75, 3.05) is 0 Å². The van der Waals surface area contributed by atoms with Gasteiger partial charge in [-0.1, -0.05) is 15.9 Å². The smallest absolute Gasteiger partial charge is 0.261 e. The van der Waals surface area contributed by atoms with Crippen LogP contribution in [0, 0.1) is 5.92 Å². The Morgan fingerprint density at radius 2 is 2.31 bits per heavy atom. The molecule has 0 bridgehead atoms. The highest BCUT2D eigenvalue weighted by molar-refractivity contribution is 9.10. The van der Waals surface area contributed by atoms with E-state index in [-0.39, 0.29) is 5.56 Å². The molecule has 1 aliphatic heterocycles. The van der Waals surface area contributed by atoms with Crippen molar-refractivity contribution in [2.24, 2.45) is 5.92 Å². The van der Waals surface area contributed by atoms with E-state index in [0.717, 1.165) is 27.7 Å². The number of hydrogen-bond acceptors (Lipinski definition) is 2. The first-order valence-electron chi connectivity index (χ1n) is 5.44. The molecule has 0 radical (unpaired) electrons. The van der Waals surface area contributed by atoms with Crippen molar-refractivity contribution in [1.29, 1.82) is 0 Å². The molecule has 1 aromatic heterocycles. The molecule has 2 atom stereocenters. The summed E-state index contributed by atoms with van der Waals surface area (Å²) in [4.78, 5) is 16.8. The number of fused-ring (bicyclic) bond motifs is 4. The molecule has 16 heavy (non-hydrogen) atoms. The second-order valence-corrected chi connectivity index (χ2v) is 5.57. The van der Waals surface area contributed by atoms with E-state index in [9.17, 15) is 4.79 Å². The van der Waals surface area contributed by atoms with Crippen LogP contribution in [-0.2, 0) is 6.54 Å². The molecule has 80 valence electrons. The SMILES string of the molecule is O=c1c2ccc(Br)cc2nc2n1C[C@H]1C[C@@H]21. The Bertz CT molecular complexity index is 677. The molecule has 2 heterocycles. The van der Waals surface area contributed by atoms with Gasteiger partial charge in [-0.05, 0) is 30.5 Å². The molecule has 4 heteroatoms. The van der Waals surface area contributed by atoms with Gasteiger partial charge in [-0.25, -0.2) is 4.98 Å². The third-order valence-electron chi connectivity index (χ3n) is 3.62. The molecule has 0 spiro atoms. The standard InChI is InChI=1S/C12H9BrN2O/c13-7-1-2-8-10(4-7)14-11-9-3-6(9)5-15(11)12(8)16/h1-2,4,6,9H,3,5H2/t6-,9-/m1/s1. The fraction of sp³-hybridized carbons (Fsp3) is 0.333. The maximum atomic E-state index is 12.2. The molecule has 1 aromatic carbocycles. The zero-order valence-corrected chi connectivity index (χ0v) is 10.1. The lowest BCUT2D eigenvalue weighted by Crippen LogP contribution is -2.22. The van der Waals surface area contributed by atoms with Crippen LogP contribution in [0.1, 0.15) is 18.2 Å². The quantitative estimate of drug-likeness (QED) is 0.740. The number of rotatable bonds is 0. The van der Waals surface area contributed by atoms with Gasteiger partial charge in [-0.3, -0.25) is 9.36 Å². The average Bonchev–Trinajstić information content (AvgIpc) is 2.94. The van der Waals surface area contributed by atoms with Gasteiger partial charge < -0.3 is 0 Å². The Morgan fingerprint density at radius 1 is 1.44 bits per heavy atom. The third kappa shape index (κ3) is 1.03. The van der Waals surface area contributed by atoms with Gasteiger partial charge in [0.05, 0.1) is 10.9 Å². The van der Waals surface area contributed by atoms with Crippen LogP contribution in [0.5, 0.6) is 0 Å². The highest BCUT2D eigenvalue weighted by Crippen LogP contribution is 2.52. The molecular weight excluding hydrogens is 268 g/mol. The van der Waals surface area contributed by atoms with E-state index in [1.807, 2.05) is 22.8 Å². The number of benzene rings is 1. The van der Waals surface area contributed by atoms with E-state index in [4.69, 9.17) is 0 Å². The van der Waals surface area contributed by atoms with Crippen LogP contribution in [0.4, 0.5) is 0 Å². The van der Waals surface area contributed by atoms with Crippen molar-refractivity contribution in [3.8, 4) is 0 Å². The summed E-state index contributed by atoms with van der Waals surface area (Å²) >= 11 is 3.41. The zero-order valence-electron chi connectivity index (χ0n) is 8.48. The summed E-state index contributed by atoms with van der Waals surface area (Å²) in [5, 5.41) is 0.730. The molecule has 4 rings (SSSR count). The fourth-order valence-electron chi connectivity index (χ4n) is 2.67. The summed E-state index contributed by atoms with van der Waals surface area (Å²) in [5.74, 6) is 2.23. The van der Waals surface area contributed by atoms with Gasteiger partial charge in [-0.2, -0.15) is 0 Å². The van der Waals surface area contributed by atoms with Crippen molar-refractivity contribution < 1.29 is 0 Å². The Labute approximate surface area is 100 Å². The zero-order chi connectivity index (χ0) is 10.9. The lowest BCUT2D eigenvalue weighted by atomic mass is 10.2. The van der Waals surface area contributed by atoms with Crippen molar-refractivity contribution >= 4 is 26.8 Å². The normalized spacial score (nSPS) is 25.6. The predicted molar refractivity (Wildman–Crippen MR) is 64.6 cm³/mol. The molecule has 0 unspecified atom stereocenters. The molecule has 2 aromatic rings. The molecule has 1 fully saturated rings. The minimum atomic E-state index is 0.125. The fourth-order valence-corrected chi connectivity index (χ4v) is 3.02. The summed E-state index contributed by atoms with van der Waals surface area (Å²) in [6.07, 6.45) is 1.21. The van der Waals surface area contributed by atoms with Gasteiger partial charge in [0.1, 0.15) is 5.82 Å². The van der Waals surface area contributed by atoms with Crippen LogP contribution < -0.4 is 5.56 Å². The average molecular weight is 277 g/mol. The molecule has 1 aliphatic carbocycles. The molecule has 0 N–H and O–H groups in total. The van der Waals surface area contributed by atoms with E-state index in [1.165, 1.54) is 6.42 Å². The maximum absolute atomic E-state index is 12.2.